The minimum Gasteiger partial charge on any atom is -0.349 e. The van der Waals surface area contributed by atoms with Crippen LogP contribution in [0.4, 0.5) is 0 Å². The number of hydrogen-bond acceptors (Lipinski definition) is 3. The van der Waals surface area contributed by atoms with Crippen LogP contribution in [-0.2, 0) is 9.59 Å². The second kappa shape index (κ2) is 6.93. The molecule has 2 amide bonds. The summed E-state index contributed by atoms with van der Waals surface area (Å²) in [5.74, 6) is -0.231. The van der Waals surface area contributed by atoms with Crippen molar-refractivity contribution in [1.29, 1.82) is 0 Å². The van der Waals surface area contributed by atoms with E-state index in [2.05, 4.69) is 5.32 Å². The van der Waals surface area contributed by atoms with Crippen molar-refractivity contribution in [1.82, 2.24) is 10.2 Å². The third-order valence-corrected chi connectivity index (χ3v) is 5.62. The number of carbonyl (C=O) groups excluding carboxylic acids is 2. The molecule has 1 aliphatic carbocycles. The summed E-state index contributed by atoms with van der Waals surface area (Å²) in [4.78, 5) is 26.9. The van der Waals surface area contributed by atoms with E-state index in [0.29, 0.717) is 19.5 Å². The molecule has 2 aliphatic rings. The molecule has 1 aromatic carbocycles. The van der Waals surface area contributed by atoms with E-state index < -0.39 is 0 Å². The zero-order valence-corrected chi connectivity index (χ0v) is 14.3. The maximum Gasteiger partial charge on any atom is 0.225 e. The highest BCUT2D eigenvalue weighted by atomic mass is 16.2. The number of likely N-dealkylation sites (tertiary alicyclic amines) is 1. The Hall–Kier alpha value is -1.88. The third kappa shape index (κ3) is 3.31. The highest BCUT2D eigenvalue weighted by molar-refractivity contribution is 5.89. The van der Waals surface area contributed by atoms with Crippen molar-refractivity contribution in [3.63, 3.8) is 0 Å². The zero-order valence-electron chi connectivity index (χ0n) is 14.3. The van der Waals surface area contributed by atoms with Crippen LogP contribution in [0.5, 0.6) is 0 Å². The molecule has 5 nitrogen and oxygen atoms in total. The molecule has 24 heavy (non-hydrogen) atoms. The Kier molecular flexibility index (Phi) is 4.90. The van der Waals surface area contributed by atoms with Gasteiger partial charge in [0.1, 0.15) is 0 Å². The maximum atomic E-state index is 12.7. The summed E-state index contributed by atoms with van der Waals surface area (Å²) < 4.78 is 0. The van der Waals surface area contributed by atoms with Gasteiger partial charge in [0.15, 0.2) is 0 Å². The van der Waals surface area contributed by atoms with Crippen LogP contribution in [0.15, 0.2) is 30.3 Å². The molecule has 0 radical (unpaired) electrons. The largest absolute Gasteiger partial charge is 0.349 e. The highest BCUT2D eigenvalue weighted by Gasteiger charge is 2.40. The monoisotopic (exact) mass is 329 g/mol. The molecule has 2 unspecified atom stereocenters. The van der Waals surface area contributed by atoms with E-state index in [0.717, 1.165) is 31.2 Å². The first-order valence-electron chi connectivity index (χ1n) is 8.91. The van der Waals surface area contributed by atoms with Crippen LogP contribution in [0.2, 0.25) is 0 Å². The Morgan fingerprint density at radius 1 is 1.33 bits per heavy atom. The number of nitrogens with one attached hydrogen (secondary N) is 1. The summed E-state index contributed by atoms with van der Waals surface area (Å²) in [6, 6.07) is 9.95. The summed E-state index contributed by atoms with van der Waals surface area (Å²) >= 11 is 0. The number of rotatable bonds is 5. The second-order valence-corrected chi connectivity index (χ2v) is 7.21. The molecule has 2 fully saturated rings. The van der Waals surface area contributed by atoms with Gasteiger partial charge in [-0.05, 0) is 25.3 Å². The Balaban J connectivity index is 1.65. The lowest BCUT2D eigenvalue weighted by Gasteiger charge is -2.30. The number of benzene rings is 1. The molecule has 0 bridgehead atoms. The lowest BCUT2D eigenvalue weighted by molar-refractivity contribution is -0.130. The lowest BCUT2D eigenvalue weighted by atomic mass is 9.96. The van der Waals surface area contributed by atoms with Crippen molar-refractivity contribution in [3.05, 3.63) is 35.9 Å². The number of nitrogens with two attached hydrogens (primary N) is 1. The van der Waals surface area contributed by atoms with Crippen LogP contribution in [0.25, 0.3) is 0 Å². The fourth-order valence-corrected chi connectivity index (χ4v) is 3.99. The van der Waals surface area contributed by atoms with Gasteiger partial charge < -0.3 is 16.0 Å². The lowest BCUT2D eigenvalue weighted by Crippen LogP contribution is -2.53. The van der Waals surface area contributed by atoms with Gasteiger partial charge in [-0.25, -0.2) is 0 Å². The smallest absolute Gasteiger partial charge is 0.225 e. The summed E-state index contributed by atoms with van der Waals surface area (Å²) in [6.07, 6.45) is 4.40. The molecular formula is C19H27N3O2. The van der Waals surface area contributed by atoms with Gasteiger partial charge >= 0.3 is 0 Å². The molecule has 3 N–H and O–H groups in total. The van der Waals surface area contributed by atoms with Gasteiger partial charge in [-0.1, -0.05) is 43.2 Å². The van der Waals surface area contributed by atoms with Gasteiger partial charge in [-0.15, -0.1) is 0 Å². The van der Waals surface area contributed by atoms with Gasteiger partial charge in [-0.2, -0.15) is 0 Å². The zero-order chi connectivity index (χ0) is 17.2. The quantitative estimate of drug-likeness (QED) is 0.867. The topological polar surface area (TPSA) is 75.4 Å². The van der Waals surface area contributed by atoms with Gasteiger partial charge in [-0.3, -0.25) is 9.59 Å². The molecule has 1 saturated heterocycles. The highest BCUT2D eigenvalue weighted by Crippen LogP contribution is 2.31. The first-order chi connectivity index (χ1) is 11.5. The average molecular weight is 329 g/mol. The molecule has 130 valence electrons. The predicted molar refractivity (Wildman–Crippen MR) is 93.1 cm³/mol. The predicted octanol–water partition coefficient (Wildman–Crippen LogP) is 1.98. The normalized spacial score (nSPS) is 24.2. The SMILES string of the molecule is CC(c1ccccc1)N1CC(C(=O)NC2(CN)CCCC2)CC1=O. The molecule has 1 aliphatic heterocycles. The summed E-state index contributed by atoms with van der Waals surface area (Å²) in [7, 11) is 0. The molecule has 1 saturated carbocycles. The van der Waals surface area contributed by atoms with Crippen LogP contribution in [0.3, 0.4) is 0 Å². The van der Waals surface area contributed by atoms with Gasteiger partial charge in [0, 0.05) is 19.5 Å². The van der Waals surface area contributed by atoms with Crippen LogP contribution >= 0.6 is 0 Å². The molecule has 2 atom stereocenters. The molecule has 5 heteroatoms. The van der Waals surface area contributed by atoms with Gasteiger partial charge in [0.25, 0.3) is 0 Å². The average Bonchev–Trinajstić information content (AvgIpc) is 3.22. The van der Waals surface area contributed by atoms with E-state index in [9.17, 15) is 9.59 Å². The molecule has 3 rings (SSSR count). The van der Waals surface area contributed by atoms with Crippen molar-refractivity contribution in [3.8, 4) is 0 Å². The first kappa shape index (κ1) is 17.0. The fraction of sp³-hybridized carbons (Fsp3) is 0.579. The molecule has 0 aromatic heterocycles. The minimum atomic E-state index is -0.271. The Morgan fingerprint density at radius 3 is 2.62 bits per heavy atom. The van der Waals surface area contributed by atoms with Crippen molar-refractivity contribution in [2.45, 2.75) is 50.6 Å². The fourth-order valence-electron chi connectivity index (χ4n) is 3.99. The van der Waals surface area contributed by atoms with E-state index in [1.807, 2.05) is 42.2 Å². The van der Waals surface area contributed by atoms with Crippen molar-refractivity contribution in [2.75, 3.05) is 13.1 Å². The standard InChI is InChI=1S/C19H27N3O2/c1-14(15-7-3-2-4-8-15)22-12-16(11-17(22)23)18(24)21-19(13-20)9-5-6-10-19/h2-4,7-8,14,16H,5-6,9-13,20H2,1H3,(H,21,24). The second-order valence-electron chi connectivity index (χ2n) is 7.21. The number of nitrogens with zero attached hydrogens (tertiary/aromatic N) is 1. The van der Waals surface area contributed by atoms with Gasteiger partial charge in [0.2, 0.25) is 11.8 Å². The Bertz CT molecular complexity index is 596. The van der Waals surface area contributed by atoms with Crippen molar-refractivity contribution >= 4 is 11.8 Å². The maximum absolute atomic E-state index is 12.7. The Labute approximate surface area is 143 Å². The van der Waals surface area contributed by atoms with Gasteiger partial charge in [0.05, 0.1) is 17.5 Å². The number of amides is 2. The van der Waals surface area contributed by atoms with E-state index in [1.54, 1.807) is 0 Å². The van der Waals surface area contributed by atoms with Crippen LogP contribution < -0.4 is 11.1 Å². The molecule has 1 aromatic rings. The molecule has 0 spiro atoms. The minimum absolute atomic E-state index is 0.00792. The molecule has 1 heterocycles. The van der Waals surface area contributed by atoms with E-state index in [4.69, 9.17) is 5.73 Å². The van der Waals surface area contributed by atoms with Crippen LogP contribution in [0.1, 0.15) is 50.6 Å². The third-order valence-electron chi connectivity index (χ3n) is 5.62. The summed E-state index contributed by atoms with van der Waals surface area (Å²) in [6.45, 7) is 2.98. The molecular weight excluding hydrogens is 302 g/mol. The van der Waals surface area contributed by atoms with E-state index >= 15 is 0 Å². The number of carbonyl (C=O) groups is 2. The van der Waals surface area contributed by atoms with Crippen molar-refractivity contribution < 1.29 is 9.59 Å². The van der Waals surface area contributed by atoms with Crippen molar-refractivity contribution in [2.24, 2.45) is 11.7 Å². The summed E-state index contributed by atoms with van der Waals surface area (Å²) in [5, 5.41) is 3.16. The Morgan fingerprint density at radius 2 is 2.00 bits per heavy atom. The first-order valence-corrected chi connectivity index (χ1v) is 8.91. The van der Waals surface area contributed by atoms with E-state index in [-0.39, 0.29) is 29.3 Å². The van der Waals surface area contributed by atoms with Crippen LogP contribution in [-0.4, -0.2) is 35.3 Å². The van der Waals surface area contributed by atoms with E-state index in [1.165, 1.54) is 0 Å². The van der Waals surface area contributed by atoms with Crippen LogP contribution in [0, 0.1) is 5.92 Å². The number of hydrogen-bond donors (Lipinski definition) is 2. The summed E-state index contributed by atoms with van der Waals surface area (Å²) in [5.41, 5.74) is 6.75.